The molecule has 1 aromatic heterocycles. The highest BCUT2D eigenvalue weighted by atomic mass is 16.2. The molecule has 4 aliphatic rings. The van der Waals surface area contributed by atoms with E-state index in [9.17, 15) is 9.59 Å². The van der Waals surface area contributed by atoms with Gasteiger partial charge in [-0.1, -0.05) is 12.2 Å². The van der Waals surface area contributed by atoms with Gasteiger partial charge in [0, 0.05) is 43.0 Å². The standard InChI is InChI=1S/C25H28N4O2/c30-23(27-19-4-6-20(7-5-19)29-11-1-10-26-29)22-16-25(22)8-12-28(13-9-25)24(31)21-15-17-2-3-18(21)14-17/h1-7,10-11,17-18,21-22H,8-9,12-16H2,(H,27,30)/t17-,18+,21-,22?/m1/s1. The second-order valence-corrected chi connectivity index (χ2v) is 9.82. The van der Waals surface area contributed by atoms with Gasteiger partial charge in [-0.05, 0) is 79.7 Å². The first-order chi connectivity index (χ1) is 15.1. The van der Waals surface area contributed by atoms with Crippen LogP contribution in [0.4, 0.5) is 5.69 Å². The van der Waals surface area contributed by atoms with Gasteiger partial charge in [-0.2, -0.15) is 5.10 Å². The quantitative estimate of drug-likeness (QED) is 0.774. The van der Waals surface area contributed by atoms with Gasteiger partial charge in [0.1, 0.15) is 0 Å². The van der Waals surface area contributed by atoms with E-state index in [4.69, 9.17) is 0 Å². The van der Waals surface area contributed by atoms with Crippen LogP contribution in [0.5, 0.6) is 0 Å². The monoisotopic (exact) mass is 416 g/mol. The Hall–Kier alpha value is -2.89. The number of anilines is 1. The van der Waals surface area contributed by atoms with E-state index in [2.05, 4.69) is 27.5 Å². The Morgan fingerprint density at radius 3 is 2.52 bits per heavy atom. The summed E-state index contributed by atoms with van der Waals surface area (Å²) in [6, 6.07) is 9.65. The van der Waals surface area contributed by atoms with Crippen molar-refractivity contribution in [3.05, 3.63) is 54.9 Å². The van der Waals surface area contributed by atoms with Crippen molar-refractivity contribution in [2.24, 2.45) is 29.1 Å². The predicted molar refractivity (Wildman–Crippen MR) is 117 cm³/mol. The zero-order valence-electron chi connectivity index (χ0n) is 17.6. The number of piperidine rings is 1. The number of likely N-dealkylation sites (tertiary alicyclic amines) is 1. The first-order valence-electron chi connectivity index (χ1n) is 11.5. The number of fused-ring (bicyclic) bond motifs is 2. The maximum Gasteiger partial charge on any atom is 0.228 e. The minimum absolute atomic E-state index is 0.0703. The molecule has 160 valence electrons. The number of nitrogens with one attached hydrogen (secondary N) is 1. The van der Waals surface area contributed by atoms with Crippen LogP contribution in [0.25, 0.3) is 5.69 Å². The normalized spacial score (nSPS) is 30.0. The second-order valence-electron chi connectivity index (χ2n) is 9.82. The lowest BCUT2D eigenvalue weighted by Gasteiger charge is -2.35. The average molecular weight is 417 g/mol. The molecule has 1 saturated heterocycles. The molecule has 2 heterocycles. The summed E-state index contributed by atoms with van der Waals surface area (Å²) in [6.45, 7) is 1.61. The summed E-state index contributed by atoms with van der Waals surface area (Å²) in [5, 5.41) is 7.31. The summed E-state index contributed by atoms with van der Waals surface area (Å²) < 4.78 is 1.80. The maximum atomic E-state index is 13.0. The summed E-state index contributed by atoms with van der Waals surface area (Å²) in [5.74, 6) is 1.83. The van der Waals surface area contributed by atoms with Crippen molar-refractivity contribution in [2.45, 2.75) is 32.1 Å². The fourth-order valence-corrected chi connectivity index (χ4v) is 6.09. The third-order valence-electron chi connectivity index (χ3n) is 8.08. The zero-order chi connectivity index (χ0) is 21.0. The van der Waals surface area contributed by atoms with Crippen LogP contribution < -0.4 is 5.32 Å². The molecule has 6 nitrogen and oxygen atoms in total. The van der Waals surface area contributed by atoms with Crippen LogP contribution in [-0.2, 0) is 9.59 Å². The molecule has 4 atom stereocenters. The SMILES string of the molecule is O=C(Nc1ccc(-n2cccn2)cc1)C1CC12CCN(C(=O)[C@@H]1C[C@@H]3C=C[C@H]1C3)CC2. The maximum absolute atomic E-state index is 13.0. The molecule has 3 aliphatic carbocycles. The molecule has 1 spiro atoms. The van der Waals surface area contributed by atoms with E-state index in [0.29, 0.717) is 17.7 Å². The van der Waals surface area contributed by atoms with Gasteiger partial charge in [0.25, 0.3) is 0 Å². The molecule has 2 aromatic rings. The minimum Gasteiger partial charge on any atom is -0.342 e. The summed E-state index contributed by atoms with van der Waals surface area (Å²) in [5.41, 5.74) is 1.89. The van der Waals surface area contributed by atoms with E-state index in [1.54, 1.807) is 10.9 Å². The van der Waals surface area contributed by atoms with Gasteiger partial charge in [-0.15, -0.1) is 0 Å². The second kappa shape index (κ2) is 7.08. The molecule has 2 bridgehead atoms. The van der Waals surface area contributed by atoms with Crippen molar-refractivity contribution in [1.82, 2.24) is 14.7 Å². The number of rotatable bonds is 4. The lowest BCUT2D eigenvalue weighted by atomic mass is 9.87. The highest BCUT2D eigenvalue weighted by Crippen LogP contribution is 2.60. The van der Waals surface area contributed by atoms with E-state index in [1.807, 2.05) is 36.5 Å². The minimum atomic E-state index is 0.0703. The first kappa shape index (κ1) is 18.8. The lowest BCUT2D eigenvalue weighted by Crippen LogP contribution is -2.44. The average Bonchev–Trinajstić information content (AvgIpc) is 3.28. The topological polar surface area (TPSA) is 67.2 Å². The largest absolute Gasteiger partial charge is 0.342 e. The smallest absolute Gasteiger partial charge is 0.228 e. The van der Waals surface area contributed by atoms with Crippen molar-refractivity contribution in [1.29, 1.82) is 0 Å². The van der Waals surface area contributed by atoms with Gasteiger partial charge in [0.05, 0.1) is 5.69 Å². The summed E-state index contributed by atoms with van der Waals surface area (Å²) >= 11 is 0. The molecule has 0 radical (unpaired) electrons. The Morgan fingerprint density at radius 1 is 1.06 bits per heavy atom. The fourth-order valence-electron chi connectivity index (χ4n) is 6.09. The number of nitrogens with zero attached hydrogens (tertiary/aromatic N) is 3. The Labute approximate surface area is 182 Å². The van der Waals surface area contributed by atoms with Gasteiger partial charge in [0.2, 0.25) is 11.8 Å². The number of carbonyl (C=O) groups excluding carboxylic acids is 2. The van der Waals surface area contributed by atoms with Crippen LogP contribution in [0.15, 0.2) is 54.9 Å². The molecular formula is C25H28N4O2. The Morgan fingerprint density at radius 2 is 1.87 bits per heavy atom. The number of aromatic nitrogens is 2. The molecule has 1 unspecified atom stereocenters. The van der Waals surface area contributed by atoms with Crippen LogP contribution in [0, 0.1) is 29.1 Å². The van der Waals surface area contributed by atoms with Crippen LogP contribution in [0.3, 0.4) is 0 Å². The third kappa shape index (κ3) is 3.29. The number of benzene rings is 1. The lowest BCUT2D eigenvalue weighted by molar-refractivity contribution is -0.138. The number of hydrogen-bond acceptors (Lipinski definition) is 3. The van der Waals surface area contributed by atoms with Gasteiger partial charge < -0.3 is 10.2 Å². The Balaban J connectivity index is 1.03. The Kier molecular flexibility index (Phi) is 4.30. The molecule has 2 saturated carbocycles. The van der Waals surface area contributed by atoms with E-state index >= 15 is 0 Å². The van der Waals surface area contributed by atoms with Gasteiger partial charge in [-0.25, -0.2) is 4.68 Å². The van der Waals surface area contributed by atoms with E-state index in [1.165, 1.54) is 6.42 Å². The number of hydrogen-bond donors (Lipinski definition) is 1. The molecule has 31 heavy (non-hydrogen) atoms. The molecule has 2 amide bonds. The summed E-state index contributed by atoms with van der Waals surface area (Å²) in [4.78, 5) is 27.9. The first-order valence-corrected chi connectivity index (χ1v) is 11.5. The van der Waals surface area contributed by atoms with Gasteiger partial charge in [-0.3, -0.25) is 9.59 Å². The van der Waals surface area contributed by atoms with Crippen molar-refractivity contribution in [2.75, 3.05) is 18.4 Å². The molecule has 6 rings (SSSR count). The van der Waals surface area contributed by atoms with E-state index < -0.39 is 0 Å². The Bertz CT molecular complexity index is 1020. The fraction of sp³-hybridized carbons (Fsp3) is 0.480. The van der Waals surface area contributed by atoms with Crippen molar-refractivity contribution >= 4 is 17.5 Å². The van der Waals surface area contributed by atoms with Crippen LogP contribution in [0.1, 0.15) is 32.1 Å². The molecule has 1 N–H and O–H groups in total. The predicted octanol–water partition coefficient (Wildman–Crippen LogP) is 3.65. The third-order valence-corrected chi connectivity index (χ3v) is 8.08. The summed E-state index contributed by atoms with van der Waals surface area (Å²) in [7, 11) is 0. The number of carbonyl (C=O) groups is 2. The van der Waals surface area contributed by atoms with E-state index in [-0.39, 0.29) is 23.2 Å². The van der Waals surface area contributed by atoms with Crippen LogP contribution in [-0.4, -0.2) is 39.6 Å². The van der Waals surface area contributed by atoms with Gasteiger partial charge in [0.15, 0.2) is 0 Å². The molecule has 6 heteroatoms. The van der Waals surface area contributed by atoms with Crippen LogP contribution in [0.2, 0.25) is 0 Å². The number of allylic oxidation sites excluding steroid dienone is 2. The molecule has 1 aromatic carbocycles. The molecule has 1 aliphatic heterocycles. The zero-order valence-corrected chi connectivity index (χ0v) is 17.6. The van der Waals surface area contributed by atoms with Gasteiger partial charge >= 0.3 is 0 Å². The molecule has 3 fully saturated rings. The molecular weight excluding hydrogens is 388 g/mol. The highest BCUT2D eigenvalue weighted by molar-refractivity contribution is 5.95. The van der Waals surface area contributed by atoms with Crippen molar-refractivity contribution in [3.63, 3.8) is 0 Å². The van der Waals surface area contributed by atoms with E-state index in [0.717, 1.165) is 50.1 Å². The van der Waals surface area contributed by atoms with Crippen LogP contribution >= 0.6 is 0 Å². The summed E-state index contributed by atoms with van der Waals surface area (Å²) in [6.07, 6.45) is 13.2. The van der Waals surface area contributed by atoms with Crippen molar-refractivity contribution in [3.8, 4) is 5.69 Å². The number of amides is 2. The highest BCUT2D eigenvalue weighted by Gasteiger charge is 2.59. The van der Waals surface area contributed by atoms with Crippen molar-refractivity contribution < 1.29 is 9.59 Å².